The number of rotatable bonds is 5. The van der Waals surface area contributed by atoms with Gasteiger partial charge in [-0.1, -0.05) is 0 Å². The Morgan fingerprint density at radius 2 is 2.24 bits per heavy atom. The number of hydrogen-bond acceptors (Lipinski definition) is 3. The Labute approximate surface area is 110 Å². The molecular weight excluding hydrogens is 280 g/mol. The van der Waals surface area contributed by atoms with E-state index in [0.29, 0.717) is 24.6 Å². The van der Waals surface area contributed by atoms with Crippen LogP contribution in [0.3, 0.4) is 0 Å². The molecule has 4 heteroatoms. The molecule has 0 bridgehead atoms. The van der Waals surface area contributed by atoms with E-state index in [-0.39, 0.29) is 0 Å². The van der Waals surface area contributed by atoms with Gasteiger partial charge < -0.3 is 4.90 Å². The quantitative estimate of drug-likeness (QED) is 0.782. The van der Waals surface area contributed by atoms with Crippen molar-refractivity contribution in [2.24, 2.45) is 0 Å². The molecular formula is C13H15BrN2O. The lowest BCUT2D eigenvalue weighted by molar-refractivity contribution is 0.112. The third-order valence-corrected chi connectivity index (χ3v) is 3.22. The molecule has 1 aromatic rings. The van der Waals surface area contributed by atoms with Crippen molar-refractivity contribution < 1.29 is 4.79 Å². The number of benzene rings is 1. The molecule has 0 saturated carbocycles. The average Bonchev–Trinajstić information content (AvgIpc) is 2.29. The first kappa shape index (κ1) is 13.7. The zero-order valence-corrected chi connectivity index (χ0v) is 11.6. The maximum Gasteiger partial charge on any atom is 0.151 e. The molecule has 0 aromatic heterocycles. The van der Waals surface area contributed by atoms with Crippen LogP contribution in [0.4, 0.5) is 5.69 Å². The van der Waals surface area contributed by atoms with Gasteiger partial charge >= 0.3 is 0 Å². The van der Waals surface area contributed by atoms with E-state index in [4.69, 9.17) is 5.26 Å². The molecule has 0 N–H and O–H groups in total. The van der Waals surface area contributed by atoms with Crippen molar-refractivity contribution >= 4 is 27.9 Å². The summed E-state index contributed by atoms with van der Waals surface area (Å²) in [5.41, 5.74) is 1.66. The number of aldehydes is 1. The first-order chi connectivity index (χ1) is 8.10. The molecule has 0 saturated heterocycles. The van der Waals surface area contributed by atoms with Crippen molar-refractivity contribution in [3.05, 3.63) is 28.2 Å². The summed E-state index contributed by atoms with van der Waals surface area (Å²) in [6.07, 6.45) is 1.31. The van der Waals surface area contributed by atoms with Gasteiger partial charge in [-0.15, -0.1) is 0 Å². The van der Waals surface area contributed by atoms with Crippen molar-refractivity contribution in [3.8, 4) is 6.07 Å². The van der Waals surface area contributed by atoms with Crippen LogP contribution in [0, 0.1) is 11.3 Å². The molecule has 0 radical (unpaired) electrons. The second kappa shape index (κ2) is 6.41. The second-order valence-electron chi connectivity index (χ2n) is 4.02. The lowest BCUT2D eigenvalue weighted by atomic mass is 10.2. The van der Waals surface area contributed by atoms with Gasteiger partial charge in [0.2, 0.25) is 0 Å². The summed E-state index contributed by atoms with van der Waals surface area (Å²) in [6.45, 7) is 4.86. The summed E-state index contributed by atoms with van der Waals surface area (Å²) >= 11 is 3.37. The van der Waals surface area contributed by atoms with Gasteiger partial charge in [-0.05, 0) is 48.0 Å². The van der Waals surface area contributed by atoms with Crippen LogP contribution in [0.1, 0.15) is 30.6 Å². The van der Waals surface area contributed by atoms with Gasteiger partial charge in [0, 0.05) is 28.3 Å². The fraction of sp³-hybridized carbons (Fsp3) is 0.385. The van der Waals surface area contributed by atoms with Gasteiger partial charge in [-0.25, -0.2) is 0 Å². The Bertz CT molecular complexity index is 438. The maximum absolute atomic E-state index is 10.7. The number of carbonyl (C=O) groups is 1. The minimum Gasteiger partial charge on any atom is -0.368 e. The SMILES string of the molecule is CC(C)N(CCC#N)c1ccc(C=O)c(Br)c1. The van der Waals surface area contributed by atoms with Crippen molar-refractivity contribution in [2.45, 2.75) is 26.3 Å². The third-order valence-electron chi connectivity index (χ3n) is 2.53. The van der Waals surface area contributed by atoms with Gasteiger partial charge in [-0.3, -0.25) is 4.79 Å². The van der Waals surface area contributed by atoms with Crippen LogP contribution >= 0.6 is 15.9 Å². The monoisotopic (exact) mass is 294 g/mol. The third kappa shape index (κ3) is 3.57. The normalized spacial score (nSPS) is 10.1. The number of carbonyl (C=O) groups excluding carboxylic acids is 1. The molecule has 1 rings (SSSR count). The largest absolute Gasteiger partial charge is 0.368 e. The molecule has 90 valence electrons. The summed E-state index contributed by atoms with van der Waals surface area (Å²) in [7, 11) is 0. The second-order valence-corrected chi connectivity index (χ2v) is 4.87. The Balaban J connectivity index is 2.99. The Kier molecular flexibility index (Phi) is 5.17. The molecule has 1 aromatic carbocycles. The van der Waals surface area contributed by atoms with E-state index in [1.807, 2.05) is 12.1 Å². The Hall–Kier alpha value is -1.34. The molecule has 0 fully saturated rings. The van der Waals surface area contributed by atoms with Crippen molar-refractivity contribution in [1.82, 2.24) is 0 Å². The molecule has 17 heavy (non-hydrogen) atoms. The van der Waals surface area contributed by atoms with Crippen LogP contribution in [0.2, 0.25) is 0 Å². The first-order valence-corrected chi connectivity index (χ1v) is 6.27. The average molecular weight is 295 g/mol. The molecule has 0 atom stereocenters. The van der Waals surface area contributed by atoms with Gasteiger partial charge in [0.25, 0.3) is 0 Å². The molecule has 3 nitrogen and oxygen atoms in total. The molecule has 0 aliphatic heterocycles. The van der Waals surface area contributed by atoms with Crippen LogP contribution in [-0.4, -0.2) is 18.9 Å². The van der Waals surface area contributed by atoms with Gasteiger partial charge in [0.05, 0.1) is 12.5 Å². The number of nitrogens with zero attached hydrogens (tertiary/aromatic N) is 2. The molecule has 0 unspecified atom stereocenters. The Morgan fingerprint density at radius 3 is 2.71 bits per heavy atom. The highest BCUT2D eigenvalue weighted by molar-refractivity contribution is 9.10. The van der Waals surface area contributed by atoms with Gasteiger partial charge in [-0.2, -0.15) is 5.26 Å². The first-order valence-electron chi connectivity index (χ1n) is 5.48. The molecule has 0 aliphatic carbocycles. The van der Waals surface area contributed by atoms with Crippen LogP contribution in [0.25, 0.3) is 0 Å². The van der Waals surface area contributed by atoms with Crippen LogP contribution < -0.4 is 4.90 Å². The van der Waals surface area contributed by atoms with Crippen molar-refractivity contribution in [3.63, 3.8) is 0 Å². The summed E-state index contributed by atoms with van der Waals surface area (Å²) in [5.74, 6) is 0. The highest BCUT2D eigenvalue weighted by Crippen LogP contribution is 2.24. The van der Waals surface area contributed by atoms with Crippen LogP contribution in [0.15, 0.2) is 22.7 Å². The summed E-state index contributed by atoms with van der Waals surface area (Å²) in [5, 5.41) is 8.65. The van der Waals surface area contributed by atoms with Crippen LogP contribution in [0.5, 0.6) is 0 Å². The maximum atomic E-state index is 10.7. The number of halogens is 1. The van der Waals surface area contributed by atoms with Gasteiger partial charge in [0.1, 0.15) is 0 Å². The fourth-order valence-electron chi connectivity index (χ4n) is 1.65. The van der Waals surface area contributed by atoms with Crippen molar-refractivity contribution in [1.29, 1.82) is 5.26 Å². The van der Waals surface area contributed by atoms with E-state index in [0.717, 1.165) is 16.4 Å². The van der Waals surface area contributed by atoms with E-state index in [9.17, 15) is 4.79 Å². The minimum atomic E-state index is 0.317. The highest BCUT2D eigenvalue weighted by atomic mass is 79.9. The molecule has 0 aliphatic rings. The fourth-order valence-corrected chi connectivity index (χ4v) is 2.11. The molecule has 0 heterocycles. The standard InChI is InChI=1S/C13H15BrN2O/c1-10(2)16(7-3-6-15)12-5-4-11(9-17)13(14)8-12/h4-5,8-10H,3,7H2,1-2H3. The number of hydrogen-bond donors (Lipinski definition) is 0. The number of anilines is 1. The highest BCUT2D eigenvalue weighted by Gasteiger charge is 2.11. The number of nitriles is 1. The zero-order chi connectivity index (χ0) is 12.8. The Morgan fingerprint density at radius 1 is 1.53 bits per heavy atom. The van der Waals surface area contributed by atoms with Crippen molar-refractivity contribution in [2.75, 3.05) is 11.4 Å². The minimum absolute atomic E-state index is 0.317. The molecule has 0 amide bonds. The van der Waals surface area contributed by atoms with E-state index >= 15 is 0 Å². The summed E-state index contributed by atoms with van der Waals surface area (Å²) < 4.78 is 0.785. The van der Waals surface area contributed by atoms with E-state index in [2.05, 4.69) is 40.7 Å². The van der Waals surface area contributed by atoms with E-state index in [1.165, 1.54) is 0 Å². The lowest BCUT2D eigenvalue weighted by Gasteiger charge is -2.28. The smallest absolute Gasteiger partial charge is 0.151 e. The predicted octanol–water partition coefficient (Wildman–Crippen LogP) is 3.39. The van der Waals surface area contributed by atoms with E-state index < -0.39 is 0 Å². The predicted molar refractivity (Wildman–Crippen MR) is 72.2 cm³/mol. The van der Waals surface area contributed by atoms with E-state index in [1.54, 1.807) is 6.07 Å². The van der Waals surface area contributed by atoms with Crippen LogP contribution in [-0.2, 0) is 0 Å². The topological polar surface area (TPSA) is 44.1 Å². The summed E-state index contributed by atoms with van der Waals surface area (Å²) in [6, 6.07) is 8.08. The zero-order valence-electron chi connectivity index (χ0n) is 9.98. The lowest BCUT2D eigenvalue weighted by Crippen LogP contribution is -2.31. The van der Waals surface area contributed by atoms with Gasteiger partial charge in [0.15, 0.2) is 6.29 Å². The molecule has 0 spiro atoms. The summed E-state index contributed by atoms with van der Waals surface area (Å²) in [4.78, 5) is 12.9.